The predicted molar refractivity (Wildman–Crippen MR) is 99.4 cm³/mol. The highest BCUT2D eigenvalue weighted by molar-refractivity contribution is 7.98. The van der Waals surface area contributed by atoms with Crippen LogP contribution < -0.4 is 4.74 Å². The van der Waals surface area contributed by atoms with Crippen molar-refractivity contribution in [3.05, 3.63) is 59.7 Å². The van der Waals surface area contributed by atoms with E-state index in [1.54, 1.807) is 0 Å². The van der Waals surface area contributed by atoms with Crippen molar-refractivity contribution >= 4 is 23.3 Å². The number of aromatic nitrogens is 3. The number of benzene rings is 2. The minimum Gasteiger partial charge on any atom is -0.422 e. The maximum Gasteiger partial charge on any atom is 0.251 e. The Morgan fingerprint density at radius 3 is 2.60 bits per heavy atom. The molecule has 0 radical (unpaired) electrons. The molecule has 0 saturated carbocycles. The number of hydrogen-bond acceptors (Lipinski definition) is 6. The minimum absolute atomic E-state index is 0.451. The van der Waals surface area contributed by atoms with Gasteiger partial charge in [0.1, 0.15) is 0 Å². The van der Waals surface area contributed by atoms with Crippen LogP contribution in [0.4, 0.5) is 5.69 Å². The lowest BCUT2D eigenvalue weighted by atomic mass is 10.1. The predicted octanol–water partition coefficient (Wildman–Crippen LogP) is 4.58. The van der Waals surface area contributed by atoms with Gasteiger partial charge in [0.15, 0.2) is 11.6 Å². The smallest absolute Gasteiger partial charge is 0.251 e. The molecule has 1 aliphatic rings. The summed E-state index contributed by atoms with van der Waals surface area (Å²) >= 11 is 1.54. The third kappa shape index (κ3) is 3.39. The first kappa shape index (κ1) is 15.8. The van der Waals surface area contributed by atoms with E-state index < -0.39 is 0 Å². The van der Waals surface area contributed by atoms with Crippen molar-refractivity contribution in [2.75, 3.05) is 0 Å². The lowest BCUT2D eigenvalue weighted by Gasteiger charge is -2.07. The summed E-state index contributed by atoms with van der Waals surface area (Å²) in [7, 11) is 0. The largest absolute Gasteiger partial charge is 0.422 e. The van der Waals surface area contributed by atoms with Crippen LogP contribution in [-0.2, 0) is 5.75 Å². The Morgan fingerprint density at radius 2 is 1.76 bits per heavy atom. The summed E-state index contributed by atoms with van der Waals surface area (Å²) in [5.74, 6) is 1.78. The Bertz CT molecular complexity index is 954. The third-order valence-corrected chi connectivity index (χ3v) is 4.71. The van der Waals surface area contributed by atoms with Gasteiger partial charge in [-0.05, 0) is 18.6 Å². The van der Waals surface area contributed by atoms with Gasteiger partial charge in [-0.15, -0.1) is 10.2 Å². The summed E-state index contributed by atoms with van der Waals surface area (Å²) in [6.07, 6.45) is 0. The average molecular weight is 348 g/mol. The first-order chi connectivity index (χ1) is 12.2. The van der Waals surface area contributed by atoms with Crippen LogP contribution in [0.15, 0.2) is 58.7 Å². The summed E-state index contributed by atoms with van der Waals surface area (Å²) in [5.41, 5.74) is 4.78. The standard InChI is InChI=1S/C19H16N4OS/c1-12-7-9-14(10-8-12)11-25-19-21-18-17(22-23-19)15-5-3-4-6-16(15)20-13(2)24-18/h3-10H,11H2,1-2H3. The Kier molecular flexibility index (Phi) is 4.19. The van der Waals surface area contributed by atoms with Crippen molar-refractivity contribution in [1.82, 2.24) is 15.2 Å². The monoisotopic (exact) mass is 348 g/mol. The van der Waals surface area contributed by atoms with Gasteiger partial charge in [-0.2, -0.15) is 4.98 Å². The van der Waals surface area contributed by atoms with Gasteiger partial charge in [0, 0.05) is 18.2 Å². The van der Waals surface area contributed by atoms with Crippen molar-refractivity contribution in [2.24, 2.45) is 4.99 Å². The fourth-order valence-electron chi connectivity index (χ4n) is 2.54. The van der Waals surface area contributed by atoms with E-state index in [1.165, 1.54) is 22.9 Å². The number of rotatable bonds is 3. The molecule has 0 spiro atoms. The number of thioether (sulfide) groups is 1. The number of hydrogen-bond donors (Lipinski definition) is 0. The van der Waals surface area contributed by atoms with Gasteiger partial charge in [-0.25, -0.2) is 4.99 Å². The normalized spacial score (nSPS) is 12.5. The zero-order valence-electron chi connectivity index (χ0n) is 13.9. The van der Waals surface area contributed by atoms with E-state index in [4.69, 9.17) is 4.74 Å². The lowest BCUT2D eigenvalue weighted by Crippen LogP contribution is -2.06. The molecule has 0 unspecified atom stereocenters. The second-order valence-electron chi connectivity index (χ2n) is 5.77. The first-order valence-electron chi connectivity index (χ1n) is 7.94. The second kappa shape index (κ2) is 6.64. The Labute approximate surface area is 150 Å². The Hall–Kier alpha value is -2.73. The second-order valence-corrected chi connectivity index (χ2v) is 6.71. The lowest BCUT2D eigenvalue weighted by molar-refractivity contribution is 0.511. The molecule has 0 bridgehead atoms. The van der Waals surface area contributed by atoms with Crippen LogP contribution in [0.5, 0.6) is 5.88 Å². The van der Waals surface area contributed by atoms with Crippen molar-refractivity contribution in [1.29, 1.82) is 0 Å². The molecule has 0 N–H and O–H groups in total. The molecule has 0 aliphatic carbocycles. The fraction of sp³-hybridized carbons (Fsp3) is 0.158. The SMILES string of the molecule is CC1=Nc2ccccc2-c2nnc(SCc3ccc(C)cc3)nc2O1. The van der Waals surface area contributed by atoms with Gasteiger partial charge in [-0.3, -0.25) is 0 Å². The Balaban J connectivity index is 1.62. The number of fused-ring (bicyclic) bond motifs is 3. The summed E-state index contributed by atoms with van der Waals surface area (Å²) in [4.78, 5) is 9.01. The van der Waals surface area contributed by atoms with E-state index >= 15 is 0 Å². The summed E-state index contributed by atoms with van der Waals surface area (Å²) in [6.45, 7) is 3.89. The zero-order valence-corrected chi connectivity index (χ0v) is 14.7. The molecule has 0 fully saturated rings. The van der Waals surface area contributed by atoms with Crippen molar-refractivity contribution < 1.29 is 4.74 Å². The number of nitrogens with zero attached hydrogens (tertiary/aromatic N) is 4. The zero-order chi connectivity index (χ0) is 17.2. The number of ether oxygens (including phenoxy) is 1. The molecule has 25 heavy (non-hydrogen) atoms. The summed E-state index contributed by atoms with van der Waals surface area (Å²) in [5, 5.41) is 9.20. The van der Waals surface area contributed by atoms with Crippen LogP contribution in [0.1, 0.15) is 18.1 Å². The fourth-order valence-corrected chi connectivity index (χ4v) is 3.27. The first-order valence-corrected chi connectivity index (χ1v) is 8.93. The van der Waals surface area contributed by atoms with Gasteiger partial charge in [0.2, 0.25) is 5.16 Å². The average Bonchev–Trinajstić information content (AvgIpc) is 2.76. The maximum absolute atomic E-state index is 5.77. The van der Waals surface area contributed by atoms with E-state index in [-0.39, 0.29) is 0 Å². The third-order valence-electron chi connectivity index (χ3n) is 3.81. The van der Waals surface area contributed by atoms with Gasteiger partial charge < -0.3 is 4.74 Å². The molecule has 1 aliphatic heterocycles. The maximum atomic E-state index is 5.77. The number of para-hydroxylation sites is 1. The molecule has 124 valence electrons. The van der Waals surface area contributed by atoms with E-state index in [1.807, 2.05) is 31.2 Å². The molecule has 0 atom stereocenters. The highest BCUT2D eigenvalue weighted by Crippen LogP contribution is 2.36. The van der Waals surface area contributed by atoms with Crippen molar-refractivity contribution in [3.8, 4) is 17.1 Å². The van der Waals surface area contributed by atoms with Crippen LogP contribution in [-0.4, -0.2) is 21.1 Å². The van der Waals surface area contributed by atoms with Crippen molar-refractivity contribution in [3.63, 3.8) is 0 Å². The quantitative estimate of drug-likeness (QED) is 0.648. The van der Waals surface area contributed by atoms with Gasteiger partial charge in [0.25, 0.3) is 5.88 Å². The minimum atomic E-state index is 0.451. The van der Waals surface area contributed by atoms with Crippen LogP contribution in [0, 0.1) is 6.92 Å². The van der Waals surface area contributed by atoms with E-state index in [0.717, 1.165) is 17.0 Å². The molecule has 6 heteroatoms. The van der Waals surface area contributed by atoms with Crippen LogP contribution in [0.25, 0.3) is 11.3 Å². The number of aryl methyl sites for hydroxylation is 1. The van der Waals surface area contributed by atoms with Gasteiger partial charge >= 0.3 is 0 Å². The molecule has 3 aromatic rings. The summed E-state index contributed by atoms with van der Waals surface area (Å²) in [6, 6.07) is 16.2. The van der Waals surface area contributed by atoms with Crippen LogP contribution in [0.3, 0.4) is 0 Å². The molecular weight excluding hydrogens is 332 g/mol. The highest BCUT2D eigenvalue weighted by atomic mass is 32.2. The number of aliphatic imine (C=N–C) groups is 1. The Morgan fingerprint density at radius 1 is 0.960 bits per heavy atom. The van der Waals surface area contributed by atoms with Gasteiger partial charge in [0.05, 0.1) is 5.69 Å². The van der Waals surface area contributed by atoms with E-state index in [0.29, 0.717) is 22.6 Å². The molecule has 4 rings (SSSR count). The topological polar surface area (TPSA) is 60.3 Å². The molecule has 5 nitrogen and oxygen atoms in total. The molecule has 2 aromatic carbocycles. The van der Waals surface area contributed by atoms with Gasteiger partial charge in [-0.1, -0.05) is 59.8 Å². The molecular formula is C19H16N4OS. The summed E-state index contributed by atoms with van der Waals surface area (Å²) < 4.78 is 5.77. The van der Waals surface area contributed by atoms with E-state index in [2.05, 4.69) is 51.4 Å². The van der Waals surface area contributed by atoms with Crippen molar-refractivity contribution in [2.45, 2.75) is 24.8 Å². The molecule has 1 aromatic heterocycles. The van der Waals surface area contributed by atoms with Crippen LogP contribution in [0.2, 0.25) is 0 Å². The highest BCUT2D eigenvalue weighted by Gasteiger charge is 2.20. The van der Waals surface area contributed by atoms with E-state index in [9.17, 15) is 0 Å². The molecule has 0 amide bonds. The molecule has 2 heterocycles. The van der Waals surface area contributed by atoms with Crippen LogP contribution >= 0.6 is 11.8 Å². The molecule has 0 saturated heterocycles.